The molecule has 4 amide bonds. The number of hydrogen-bond acceptors (Lipinski definition) is 7. The molecule has 0 spiro atoms. The van der Waals surface area contributed by atoms with Gasteiger partial charge in [-0.3, -0.25) is 9.59 Å². The van der Waals surface area contributed by atoms with Crippen molar-refractivity contribution in [3.05, 3.63) is 178 Å². The standard InChI is InChI=1S/C19H21N2O2.C17H16NO3.C17H16NO2.C2H7N.3Y/c1-19(18(23)20-2)10-15-7-12-5-6-13(17(22)21(3)4)8-14(12)9-16(15)11-19;1-17(16(21)18-2)8-13-5-10-3-4-11(15(19)20)6-12(10)7-14(13)9-17;1-17(16(20)18-2)8-14-6-12-4-3-11(10-19)5-13(12)7-15(14)9-17;1-3-2;;;/h5-9H,1,10-11H2,2-4H3,(H,20,23);3-7H,1,8-9H2,2H3,(H2,18,19,20,21);3-7,10H,1,8-9H2,2H3,(H,18,20);3H,1-2H3;;;/q3*-1;;;;/p-3. The summed E-state index contributed by atoms with van der Waals surface area (Å²) in [5.74, 6) is -1.44. The summed E-state index contributed by atoms with van der Waals surface area (Å²) in [5.41, 5.74) is 6.24. The van der Waals surface area contributed by atoms with Crippen LogP contribution in [0.25, 0.3) is 48.3 Å². The first kappa shape index (κ1) is 60.7. The van der Waals surface area contributed by atoms with Crippen molar-refractivity contribution in [1.82, 2.24) is 10.2 Å². The van der Waals surface area contributed by atoms with Gasteiger partial charge >= 0.3 is 5.97 Å². The van der Waals surface area contributed by atoms with E-state index in [9.17, 15) is 28.8 Å². The monoisotopic (exact) mass is 1170 g/mol. The van der Waals surface area contributed by atoms with E-state index in [1.54, 1.807) is 43.3 Å². The van der Waals surface area contributed by atoms with Gasteiger partial charge in [-0.15, -0.1) is 37.4 Å². The van der Waals surface area contributed by atoms with E-state index in [1.807, 2.05) is 56.6 Å². The van der Waals surface area contributed by atoms with Crippen molar-refractivity contribution in [3.63, 3.8) is 0 Å². The van der Waals surface area contributed by atoms with Crippen LogP contribution in [0.1, 0.15) is 64.5 Å². The van der Waals surface area contributed by atoms with Crippen molar-refractivity contribution in [2.75, 3.05) is 49.3 Å². The van der Waals surface area contributed by atoms with Crippen molar-refractivity contribution >= 4 is 68.2 Å². The van der Waals surface area contributed by atoms with Crippen LogP contribution in [-0.4, -0.2) is 95.2 Å². The molecule has 6 aromatic carbocycles. The molecule has 70 heavy (non-hydrogen) atoms. The van der Waals surface area contributed by atoms with Gasteiger partial charge in [0.15, 0.2) is 0 Å². The fourth-order valence-corrected chi connectivity index (χ4v) is 9.32. The summed E-state index contributed by atoms with van der Waals surface area (Å²) in [6.45, 7) is 12.2. The molecule has 3 unspecified atom stereocenters. The molecule has 12 nitrogen and oxygen atoms in total. The Kier molecular flexibility index (Phi) is 22.0. The molecular formula is C55H57N5O7Y3-6. The van der Waals surface area contributed by atoms with Crippen LogP contribution in [-0.2, 0) is 151 Å². The largest absolute Gasteiger partial charge is 0.658 e. The Morgan fingerprint density at radius 3 is 1.10 bits per heavy atom. The van der Waals surface area contributed by atoms with Gasteiger partial charge < -0.3 is 66.4 Å². The molecule has 0 aromatic heterocycles. The Bertz CT molecular complexity index is 2960. The Morgan fingerprint density at radius 2 is 0.800 bits per heavy atom. The van der Waals surface area contributed by atoms with Crippen LogP contribution in [0.5, 0.6) is 0 Å². The Hall–Kier alpha value is -3.61. The number of benzene rings is 6. The number of hydrogen-bond donors (Lipinski definition) is 2. The van der Waals surface area contributed by atoms with Gasteiger partial charge in [0.25, 0.3) is 5.91 Å². The van der Waals surface area contributed by atoms with Gasteiger partial charge in [-0.1, -0.05) is 60.7 Å². The zero-order valence-electron chi connectivity index (χ0n) is 41.0. The molecule has 0 fully saturated rings. The molecule has 3 aliphatic rings. The Balaban J connectivity index is 0.000000265. The number of nitrogens with zero attached hydrogens (tertiary/aromatic N) is 4. The smallest absolute Gasteiger partial charge is 0.335 e. The molecule has 3 radical (unpaired) electrons. The van der Waals surface area contributed by atoms with E-state index in [2.05, 4.69) is 66.3 Å². The third-order valence-corrected chi connectivity index (χ3v) is 12.7. The first-order chi connectivity index (χ1) is 31.7. The molecule has 3 atom stereocenters. The van der Waals surface area contributed by atoms with Crippen LogP contribution < -0.4 is 5.32 Å². The maximum Gasteiger partial charge on any atom is 0.335 e. The number of carbonyl (C=O) groups is 6. The number of aldehydes is 1. The molecule has 0 aliphatic heterocycles. The molecule has 0 heterocycles. The molecular weight excluding hydrogens is 1110 g/mol. The molecule has 0 saturated heterocycles. The summed E-state index contributed by atoms with van der Waals surface area (Å²) in [6.07, 6.45) is 4.43. The minimum absolute atomic E-state index is 0. The number of carboxylic acid groups (broad SMARTS) is 1. The third-order valence-electron chi connectivity index (χ3n) is 12.7. The zero-order valence-corrected chi connectivity index (χ0v) is 49.5. The first-order valence-corrected chi connectivity index (χ1v) is 21.9. The van der Waals surface area contributed by atoms with Crippen LogP contribution in [0.3, 0.4) is 0 Å². The summed E-state index contributed by atoms with van der Waals surface area (Å²) in [4.78, 5) is 71.5. The van der Waals surface area contributed by atoms with Gasteiger partial charge in [0.1, 0.15) is 6.29 Å². The number of fused-ring (bicyclic) bond motifs is 6. The SMILES string of the molecule is CNC.[CH2-]C1(C(=O)[N-]C)Cc2cc3ccc(C(=O)N(C)C)cc3cc2C1.[CH2-]C1(C(=O)[N-]C)Cc2cc3ccc(C(=O)O)cc3cc2C1.[CH2-]C1(C(=O)[N-]C)Cc2cc3ccc(C=O)cc3cc2C1.[Y].[Y].[Y]. The average molecular weight is 1170 g/mol. The molecule has 0 bridgehead atoms. The maximum absolute atomic E-state index is 12.1. The number of rotatable bonds is 6. The van der Waals surface area contributed by atoms with Crippen molar-refractivity contribution in [2.24, 2.45) is 16.2 Å². The average Bonchev–Trinajstić information content (AvgIpc) is 3.96. The normalized spacial score (nSPS) is 18.7. The summed E-state index contributed by atoms with van der Waals surface area (Å²) < 4.78 is 0. The second kappa shape index (κ2) is 25.4. The zero-order chi connectivity index (χ0) is 49.0. The number of nitrogens with one attached hydrogen (secondary N) is 1. The third kappa shape index (κ3) is 13.3. The molecule has 15 heteroatoms. The van der Waals surface area contributed by atoms with Gasteiger partial charge in [0, 0.05) is 141 Å². The van der Waals surface area contributed by atoms with E-state index < -0.39 is 22.2 Å². The van der Waals surface area contributed by atoms with E-state index in [1.165, 1.54) is 21.1 Å². The molecule has 2 N–H and O–H groups in total. The predicted octanol–water partition coefficient (Wildman–Crippen LogP) is 8.91. The van der Waals surface area contributed by atoms with Crippen LogP contribution in [0.2, 0.25) is 0 Å². The van der Waals surface area contributed by atoms with E-state index >= 15 is 0 Å². The van der Waals surface area contributed by atoms with Crippen LogP contribution in [0.4, 0.5) is 0 Å². The fourth-order valence-electron chi connectivity index (χ4n) is 9.32. The molecule has 9 rings (SSSR count). The minimum Gasteiger partial charge on any atom is -0.658 e. The summed E-state index contributed by atoms with van der Waals surface area (Å²) >= 11 is 0. The minimum atomic E-state index is -0.941. The van der Waals surface area contributed by atoms with Crippen molar-refractivity contribution in [1.29, 1.82) is 0 Å². The summed E-state index contributed by atoms with van der Waals surface area (Å²) in [7, 11) is 11.8. The number of carboxylic acids is 1. The Labute approximate surface area is 487 Å². The number of carbonyl (C=O) groups excluding carboxylic acids is 5. The molecule has 359 valence electrons. The molecule has 6 aromatic rings. The van der Waals surface area contributed by atoms with E-state index in [0.717, 1.165) is 72.0 Å². The van der Waals surface area contributed by atoms with Crippen LogP contribution in [0, 0.1) is 37.0 Å². The van der Waals surface area contributed by atoms with Crippen molar-refractivity contribution in [3.8, 4) is 0 Å². The molecule has 3 aliphatic carbocycles. The quantitative estimate of drug-likeness (QED) is 0.123. The maximum atomic E-state index is 12.1. The van der Waals surface area contributed by atoms with Crippen LogP contribution in [0.15, 0.2) is 91.0 Å². The van der Waals surface area contributed by atoms with Gasteiger partial charge in [-0.2, -0.15) is 0 Å². The summed E-state index contributed by atoms with van der Waals surface area (Å²) in [5, 5.41) is 29.2. The second-order valence-corrected chi connectivity index (χ2v) is 18.2. The first-order valence-electron chi connectivity index (χ1n) is 21.9. The second-order valence-electron chi connectivity index (χ2n) is 18.2. The van der Waals surface area contributed by atoms with E-state index in [-0.39, 0.29) is 127 Å². The predicted molar refractivity (Wildman–Crippen MR) is 266 cm³/mol. The fraction of sp³-hybridized carbons (Fsp3) is 0.291. The number of amides is 4. The van der Waals surface area contributed by atoms with Gasteiger partial charge in [-0.25, -0.2) is 4.79 Å². The van der Waals surface area contributed by atoms with Crippen molar-refractivity contribution < 1.29 is 132 Å². The van der Waals surface area contributed by atoms with Gasteiger partial charge in [0.2, 0.25) is 0 Å². The molecule has 0 saturated carbocycles. The summed E-state index contributed by atoms with van der Waals surface area (Å²) in [6, 6.07) is 28.7. The number of aromatic carboxylic acids is 1. The van der Waals surface area contributed by atoms with E-state index in [4.69, 9.17) is 5.11 Å². The van der Waals surface area contributed by atoms with Crippen LogP contribution >= 0.6 is 0 Å². The Morgan fingerprint density at radius 1 is 0.514 bits per heavy atom. The van der Waals surface area contributed by atoms with Gasteiger partial charge in [0.05, 0.1) is 5.56 Å². The van der Waals surface area contributed by atoms with Crippen molar-refractivity contribution in [2.45, 2.75) is 38.5 Å². The van der Waals surface area contributed by atoms with Gasteiger partial charge in [-0.05, 0) is 149 Å². The van der Waals surface area contributed by atoms with E-state index in [0.29, 0.717) is 49.7 Å². The topological polar surface area (TPSA) is 180 Å².